The van der Waals surface area contributed by atoms with E-state index in [1.165, 1.54) is 12.1 Å². The van der Waals surface area contributed by atoms with Crippen molar-refractivity contribution in [1.82, 2.24) is 4.72 Å². The third kappa shape index (κ3) is 3.78. The lowest BCUT2D eigenvalue weighted by atomic mass is 9.85. The smallest absolute Gasteiger partial charge is 0.240 e. The molecule has 0 aliphatic heterocycles. The van der Waals surface area contributed by atoms with Crippen molar-refractivity contribution in [2.45, 2.75) is 42.6 Å². The summed E-state index contributed by atoms with van der Waals surface area (Å²) in [4.78, 5) is -0.141. The Bertz CT molecular complexity index is 585. The second kappa shape index (κ2) is 6.09. The van der Waals surface area contributed by atoms with Crippen molar-refractivity contribution in [3.63, 3.8) is 0 Å². The van der Waals surface area contributed by atoms with Gasteiger partial charge < -0.3 is 5.11 Å². The molecule has 112 valence electrons. The standard InChI is InChI=1S/C13H17BrFNO3S/c14-11-5-4-10(8-12(11)15)20(18,19)16-9-13(17)6-2-1-3-7-13/h4-5,8,16-17H,1-3,6-7,9H2. The molecular formula is C13H17BrFNO3S. The molecule has 1 aliphatic carbocycles. The van der Waals surface area contributed by atoms with Crippen LogP contribution in [-0.2, 0) is 10.0 Å². The molecule has 2 N–H and O–H groups in total. The van der Waals surface area contributed by atoms with Gasteiger partial charge in [-0.15, -0.1) is 0 Å². The number of rotatable bonds is 4. The molecule has 1 saturated carbocycles. The van der Waals surface area contributed by atoms with Crippen LogP contribution in [0.15, 0.2) is 27.6 Å². The summed E-state index contributed by atoms with van der Waals surface area (Å²) in [5.74, 6) is -0.635. The molecule has 2 rings (SSSR count). The molecule has 0 atom stereocenters. The molecule has 0 unspecified atom stereocenters. The third-order valence-corrected chi connectivity index (χ3v) is 5.62. The van der Waals surface area contributed by atoms with Gasteiger partial charge in [0.25, 0.3) is 0 Å². The van der Waals surface area contributed by atoms with Crippen LogP contribution in [0.4, 0.5) is 4.39 Å². The Morgan fingerprint density at radius 2 is 1.95 bits per heavy atom. The maximum atomic E-state index is 13.4. The van der Waals surface area contributed by atoms with Crippen LogP contribution in [0.2, 0.25) is 0 Å². The predicted octanol–water partition coefficient (Wildman–Crippen LogP) is 2.56. The van der Waals surface area contributed by atoms with Crippen LogP contribution >= 0.6 is 15.9 Å². The molecule has 1 aliphatic rings. The van der Waals surface area contributed by atoms with E-state index < -0.39 is 21.4 Å². The Kier molecular flexibility index (Phi) is 4.84. The van der Waals surface area contributed by atoms with Gasteiger partial charge in [0.05, 0.1) is 15.0 Å². The molecule has 1 aromatic rings. The summed E-state index contributed by atoms with van der Waals surface area (Å²) in [6.45, 7) is -0.0347. The zero-order valence-electron chi connectivity index (χ0n) is 10.9. The van der Waals surface area contributed by atoms with Crippen LogP contribution in [0.25, 0.3) is 0 Å². The summed E-state index contributed by atoms with van der Waals surface area (Å²) >= 11 is 2.98. The largest absolute Gasteiger partial charge is 0.389 e. The Morgan fingerprint density at radius 3 is 2.55 bits per heavy atom. The van der Waals surface area contributed by atoms with E-state index in [-0.39, 0.29) is 15.9 Å². The maximum Gasteiger partial charge on any atom is 0.240 e. The molecule has 0 amide bonds. The highest BCUT2D eigenvalue weighted by molar-refractivity contribution is 9.10. The van der Waals surface area contributed by atoms with Crippen molar-refractivity contribution in [2.75, 3.05) is 6.54 Å². The second-order valence-electron chi connectivity index (χ2n) is 5.19. The number of halogens is 2. The lowest BCUT2D eigenvalue weighted by Gasteiger charge is -2.32. The van der Waals surface area contributed by atoms with Crippen molar-refractivity contribution in [1.29, 1.82) is 0 Å². The van der Waals surface area contributed by atoms with Gasteiger partial charge >= 0.3 is 0 Å². The Labute approximate surface area is 126 Å². The monoisotopic (exact) mass is 365 g/mol. The van der Waals surface area contributed by atoms with Crippen LogP contribution < -0.4 is 4.72 Å². The quantitative estimate of drug-likeness (QED) is 0.861. The normalized spacial score (nSPS) is 18.9. The number of nitrogens with one attached hydrogen (secondary N) is 1. The summed E-state index contributed by atoms with van der Waals surface area (Å²) in [6, 6.07) is 3.62. The molecule has 7 heteroatoms. The molecule has 1 aromatic carbocycles. The van der Waals surface area contributed by atoms with Crippen molar-refractivity contribution in [3.8, 4) is 0 Å². The first-order valence-corrected chi connectivity index (χ1v) is 8.77. The summed E-state index contributed by atoms with van der Waals surface area (Å²) in [7, 11) is -3.81. The van der Waals surface area contributed by atoms with Gasteiger partial charge in [0, 0.05) is 6.54 Å². The number of hydrogen-bond acceptors (Lipinski definition) is 3. The molecule has 0 aromatic heterocycles. The minimum absolute atomic E-state index is 0.0347. The molecule has 20 heavy (non-hydrogen) atoms. The van der Waals surface area contributed by atoms with E-state index in [1.807, 2.05) is 0 Å². The molecular weight excluding hydrogens is 349 g/mol. The van der Waals surface area contributed by atoms with Gasteiger partial charge in [-0.05, 0) is 47.0 Å². The summed E-state index contributed by atoms with van der Waals surface area (Å²) in [5, 5.41) is 10.3. The first kappa shape index (κ1) is 15.9. The zero-order valence-corrected chi connectivity index (χ0v) is 13.3. The van der Waals surface area contributed by atoms with Gasteiger partial charge in [-0.1, -0.05) is 19.3 Å². The molecule has 0 spiro atoms. The number of benzene rings is 1. The number of sulfonamides is 1. The highest BCUT2D eigenvalue weighted by atomic mass is 79.9. The minimum Gasteiger partial charge on any atom is -0.389 e. The molecule has 0 bridgehead atoms. The van der Waals surface area contributed by atoms with E-state index in [9.17, 15) is 17.9 Å². The highest BCUT2D eigenvalue weighted by Crippen LogP contribution is 2.28. The number of hydrogen-bond donors (Lipinski definition) is 2. The fraction of sp³-hybridized carbons (Fsp3) is 0.538. The van der Waals surface area contributed by atoms with Crippen LogP contribution in [-0.4, -0.2) is 25.7 Å². The Hall–Kier alpha value is -0.500. The Balaban J connectivity index is 2.09. The maximum absolute atomic E-state index is 13.4. The van der Waals surface area contributed by atoms with E-state index in [4.69, 9.17) is 0 Å². The summed E-state index contributed by atoms with van der Waals surface area (Å²) in [5.41, 5.74) is -0.987. The minimum atomic E-state index is -3.81. The van der Waals surface area contributed by atoms with E-state index in [0.717, 1.165) is 25.3 Å². The second-order valence-corrected chi connectivity index (χ2v) is 7.81. The molecule has 0 saturated heterocycles. The molecule has 0 heterocycles. The zero-order chi connectivity index (χ0) is 14.8. The van der Waals surface area contributed by atoms with Crippen LogP contribution in [0.3, 0.4) is 0 Å². The van der Waals surface area contributed by atoms with Gasteiger partial charge in [0.2, 0.25) is 10.0 Å². The SMILES string of the molecule is O=S(=O)(NCC1(O)CCCCC1)c1ccc(Br)c(F)c1. The van der Waals surface area contributed by atoms with Crippen molar-refractivity contribution in [3.05, 3.63) is 28.5 Å². The predicted molar refractivity (Wildman–Crippen MR) is 77.3 cm³/mol. The topological polar surface area (TPSA) is 66.4 Å². The molecule has 0 radical (unpaired) electrons. The average Bonchev–Trinajstić information content (AvgIpc) is 2.41. The van der Waals surface area contributed by atoms with Crippen LogP contribution in [0, 0.1) is 5.82 Å². The molecule has 1 fully saturated rings. The van der Waals surface area contributed by atoms with Crippen molar-refractivity contribution < 1.29 is 17.9 Å². The number of aliphatic hydroxyl groups is 1. The van der Waals surface area contributed by atoms with Gasteiger partial charge in [0.1, 0.15) is 5.82 Å². The fourth-order valence-electron chi connectivity index (χ4n) is 2.34. The summed E-state index contributed by atoms with van der Waals surface area (Å²) in [6.07, 6.45) is 4.03. The lowest BCUT2D eigenvalue weighted by Crippen LogP contribution is -2.44. The van der Waals surface area contributed by atoms with Gasteiger partial charge in [-0.25, -0.2) is 17.5 Å². The van der Waals surface area contributed by atoms with Crippen LogP contribution in [0.5, 0.6) is 0 Å². The van der Waals surface area contributed by atoms with Crippen molar-refractivity contribution >= 4 is 26.0 Å². The third-order valence-electron chi connectivity index (χ3n) is 3.58. The van der Waals surface area contributed by atoms with E-state index in [0.29, 0.717) is 12.8 Å². The van der Waals surface area contributed by atoms with E-state index in [2.05, 4.69) is 20.7 Å². The van der Waals surface area contributed by atoms with Gasteiger partial charge in [-0.2, -0.15) is 0 Å². The Morgan fingerprint density at radius 1 is 1.30 bits per heavy atom. The fourth-order valence-corrected chi connectivity index (χ4v) is 3.72. The summed E-state index contributed by atoms with van der Waals surface area (Å²) < 4.78 is 40.1. The van der Waals surface area contributed by atoms with E-state index in [1.54, 1.807) is 0 Å². The van der Waals surface area contributed by atoms with Crippen molar-refractivity contribution in [2.24, 2.45) is 0 Å². The van der Waals surface area contributed by atoms with Gasteiger partial charge in [-0.3, -0.25) is 0 Å². The van der Waals surface area contributed by atoms with E-state index >= 15 is 0 Å². The molecule has 4 nitrogen and oxygen atoms in total. The highest BCUT2D eigenvalue weighted by Gasteiger charge is 2.31. The first-order chi connectivity index (χ1) is 9.32. The lowest BCUT2D eigenvalue weighted by molar-refractivity contribution is 0.00945. The first-order valence-electron chi connectivity index (χ1n) is 6.50. The average molecular weight is 366 g/mol. The van der Waals surface area contributed by atoms with Gasteiger partial charge in [0.15, 0.2) is 0 Å². The van der Waals surface area contributed by atoms with Crippen LogP contribution in [0.1, 0.15) is 32.1 Å².